The van der Waals surface area contributed by atoms with Gasteiger partial charge in [-0.3, -0.25) is 4.79 Å². The molecule has 0 saturated carbocycles. The molecule has 0 aliphatic rings. The van der Waals surface area contributed by atoms with Crippen LogP contribution < -0.4 is 0 Å². The average Bonchev–Trinajstić information content (AvgIpc) is 2.47. The molecule has 0 spiro atoms. The number of alkyl halides is 1. The summed E-state index contributed by atoms with van der Waals surface area (Å²) in [6.45, 7) is 2.27. The Morgan fingerprint density at radius 3 is 1.41 bits per heavy atom. The van der Waals surface area contributed by atoms with Gasteiger partial charge in [0.2, 0.25) is 0 Å². The zero-order chi connectivity index (χ0) is 15.8. The Morgan fingerprint density at radius 2 is 1.09 bits per heavy atom. The van der Waals surface area contributed by atoms with Crippen molar-refractivity contribution in [3.05, 3.63) is 0 Å². The predicted octanol–water partition coefficient (Wildman–Crippen LogP) is 5.83. The van der Waals surface area contributed by atoms with Crippen LogP contribution in [0.5, 0.6) is 0 Å². The van der Waals surface area contributed by atoms with E-state index in [-0.39, 0.29) is 41.7 Å². The third-order valence-electron chi connectivity index (χ3n) is 4.08. The van der Waals surface area contributed by atoms with Crippen LogP contribution in [-0.2, 0) is 4.79 Å². The molecule has 0 radical (unpaired) electrons. The second-order valence-electron chi connectivity index (χ2n) is 6.19. The number of unbranched alkanes of at least 4 members (excludes halogenated alkanes) is 13. The van der Waals surface area contributed by atoms with Gasteiger partial charge in [-0.1, -0.05) is 119 Å². The molecule has 0 aromatic heterocycles. The van der Waals surface area contributed by atoms with Crippen molar-refractivity contribution in [3.8, 4) is 0 Å². The van der Waals surface area contributed by atoms with E-state index in [9.17, 15) is 4.79 Å². The van der Waals surface area contributed by atoms with Gasteiger partial charge >= 0.3 is 43.7 Å². The third-order valence-corrected chi connectivity index (χ3v) is 5.23. The molecule has 1 atom stereocenters. The summed E-state index contributed by atoms with van der Waals surface area (Å²) >= 11 is 2.03. The van der Waals surface area contributed by atoms with E-state index in [0.717, 1.165) is 12.8 Å². The first-order valence-corrected chi connectivity index (χ1v) is 10.3. The number of hydrogen-bond donors (Lipinski definition) is 1. The summed E-state index contributed by atoms with van der Waals surface area (Å²) in [7, 11) is 0. The van der Waals surface area contributed by atoms with E-state index >= 15 is 0 Å². The summed E-state index contributed by atoms with van der Waals surface area (Å²) in [5.41, 5.74) is 0. The van der Waals surface area contributed by atoms with Crippen LogP contribution in [0.15, 0.2) is 0 Å². The van der Waals surface area contributed by atoms with Crippen LogP contribution in [0, 0.1) is 0 Å². The van der Waals surface area contributed by atoms with Crippen molar-refractivity contribution in [3.63, 3.8) is 0 Å². The first-order chi connectivity index (χ1) is 10.2. The molecular formula is C18H37CaIO2. The van der Waals surface area contributed by atoms with Crippen LogP contribution in [-0.4, -0.2) is 52.7 Å². The van der Waals surface area contributed by atoms with Crippen LogP contribution in [0.2, 0.25) is 0 Å². The van der Waals surface area contributed by atoms with E-state index in [4.69, 9.17) is 5.11 Å². The molecule has 2 nitrogen and oxygen atoms in total. The summed E-state index contributed by atoms with van der Waals surface area (Å²) in [6, 6.07) is 0. The van der Waals surface area contributed by atoms with E-state index in [1.54, 1.807) is 0 Å². The monoisotopic (exact) mass is 452 g/mol. The normalized spacial score (nSPS) is 11.9. The molecule has 0 saturated heterocycles. The molecule has 0 aliphatic heterocycles. The third kappa shape index (κ3) is 19.5. The Kier molecular flexibility index (Phi) is 23.9. The molecule has 0 heterocycles. The van der Waals surface area contributed by atoms with E-state index in [2.05, 4.69) is 6.92 Å². The van der Waals surface area contributed by atoms with Crippen LogP contribution in [0.25, 0.3) is 0 Å². The van der Waals surface area contributed by atoms with Crippen LogP contribution in [0.4, 0.5) is 0 Å². The molecule has 1 N–H and O–H groups in total. The predicted molar refractivity (Wildman–Crippen MR) is 109 cm³/mol. The maximum absolute atomic E-state index is 10.7. The molecule has 1 unspecified atom stereocenters. The Labute approximate surface area is 181 Å². The molecule has 0 amide bonds. The second kappa shape index (κ2) is 20.5. The number of aliphatic carboxylic acids is 1. The topological polar surface area (TPSA) is 37.3 Å². The minimum absolute atomic E-state index is 0. The number of carbonyl (C=O) groups is 1. The molecule has 130 valence electrons. The molecule has 4 heteroatoms. The number of carboxylic acids is 1. The molecule has 0 aliphatic carbocycles. The zero-order valence-electron chi connectivity index (χ0n) is 13.9. The van der Waals surface area contributed by atoms with E-state index in [1.165, 1.54) is 83.5 Å². The first kappa shape index (κ1) is 25.7. The SMILES string of the molecule is CCCCCCCCCCCCCCCCC(I)C(=O)O.[CaH2]. The van der Waals surface area contributed by atoms with Gasteiger partial charge in [0.1, 0.15) is 3.92 Å². The van der Waals surface area contributed by atoms with E-state index in [0.29, 0.717) is 0 Å². The summed E-state index contributed by atoms with van der Waals surface area (Å²) in [6.07, 6.45) is 19.7. The average molecular weight is 452 g/mol. The van der Waals surface area contributed by atoms with Gasteiger partial charge in [-0.05, 0) is 6.42 Å². The van der Waals surface area contributed by atoms with Gasteiger partial charge in [-0.15, -0.1) is 0 Å². The number of carboxylic acid groups (broad SMARTS) is 1. The molecule has 22 heavy (non-hydrogen) atoms. The molecule has 0 bridgehead atoms. The summed E-state index contributed by atoms with van der Waals surface area (Å²) in [5, 5.41) is 8.78. The van der Waals surface area contributed by atoms with Gasteiger partial charge in [0.25, 0.3) is 0 Å². The fourth-order valence-electron chi connectivity index (χ4n) is 2.64. The zero-order valence-corrected chi connectivity index (χ0v) is 16.1. The number of rotatable bonds is 16. The van der Waals surface area contributed by atoms with Crippen molar-refractivity contribution in [2.75, 3.05) is 0 Å². The Hall–Kier alpha value is 1.46. The van der Waals surface area contributed by atoms with E-state index in [1.807, 2.05) is 22.6 Å². The van der Waals surface area contributed by atoms with Crippen LogP contribution in [0.3, 0.4) is 0 Å². The van der Waals surface area contributed by atoms with Crippen molar-refractivity contribution in [1.82, 2.24) is 0 Å². The second-order valence-corrected chi connectivity index (χ2v) is 7.69. The van der Waals surface area contributed by atoms with Gasteiger partial charge < -0.3 is 5.11 Å². The maximum atomic E-state index is 10.7. The molecule has 0 aromatic carbocycles. The van der Waals surface area contributed by atoms with Crippen LogP contribution >= 0.6 is 22.6 Å². The molecule has 0 fully saturated rings. The quantitative estimate of drug-likeness (QED) is 0.138. The van der Waals surface area contributed by atoms with Gasteiger partial charge in [-0.25, -0.2) is 0 Å². The first-order valence-electron chi connectivity index (χ1n) is 9.05. The van der Waals surface area contributed by atoms with Crippen molar-refractivity contribution >= 4 is 66.3 Å². The van der Waals surface area contributed by atoms with Crippen molar-refractivity contribution in [1.29, 1.82) is 0 Å². The van der Waals surface area contributed by atoms with Crippen molar-refractivity contribution < 1.29 is 9.90 Å². The van der Waals surface area contributed by atoms with Crippen molar-refractivity contribution in [2.24, 2.45) is 0 Å². The fraction of sp³-hybridized carbons (Fsp3) is 0.944. The Balaban J connectivity index is 0. The van der Waals surface area contributed by atoms with Gasteiger partial charge in [0.05, 0.1) is 0 Å². The number of halogens is 1. The Bertz CT molecular complexity index is 237. The van der Waals surface area contributed by atoms with E-state index < -0.39 is 5.97 Å². The van der Waals surface area contributed by atoms with Gasteiger partial charge in [0, 0.05) is 0 Å². The Morgan fingerprint density at radius 1 is 0.773 bits per heavy atom. The van der Waals surface area contributed by atoms with Gasteiger partial charge in [0.15, 0.2) is 0 Å². The molecule has 0 rings (SSSR count). The summed E-state index contributed by atoms with van der Waals surface area (Å²) in [5.74, 6) is -0.662. The standard InChI is InChI=1S/C18H35IO2.Ca.2H/c1-2-3-4-5-6-7-8-9-10-11-12-13-14-15-16-17(19)18(20)21;;;/h17H,2-16H2,1H3,(H,20,21);;;. The van der Waals surface area contributed by atoms with Crippen LogP contribution in [0.1, 0.15) is 103 Å². The fourth-order valence-corrected chi connectivity index (χ4v) is 3.08. The van der Waals surface area contributed by atoms with Gasteiger partial charge in [-0.2, -0.15) is 0 Å². The molecular weight excluding hydrogens is 415 g/mol. The summed E-state index contributed by atoms with van der Waals surface area (Å²) in [4.78, 5) is 10.7. The number of hydrogen-bond acceptors (Lipinski definition) is 1. The summed E-state index contributed by atoms with van der Waals surface area (Å²) < 4.78 is -0.195. The molecule has 0 aromatic rings. The van der Waals surface area contributed by atoms with Crippen molar-refractivity contribution in [2.45, 2.75) is 107 Å². The minimum atomic E-state index is -0.662.